The highest BCUT2D eigenvalue weighted by molar-refractivity contribution is 4.77. The second kappa shape index (κ2) is 6.56. The molecule has 0 saturated carbocycles. The smallest absolute Gasteiger partial charge is 0.0536 e. The van der Waals surface area contributed by atoms with Gasteiger partial charge in [-0.1, -0.05) is 6.92 Å². The van der Waals surface area contributed by atoms with Crippen LogP contribution in [0.25, 0.3) is 0 Å². The van der Waals surface area contributed by atoms with E-state index >= 15 is 0 Å². The number of hydrogen-bond donors (Lipinski definition) is 1. The second-order valence-corrected chi connectivity index (χ2v) is 3.43. The van der Waals surface area contributed by atoms with Gasteiger partial charge in [-0.05, 0) is 19.7 Å². The molecule has 1 aromatic heterocycles. The summed E-state index contributed by atoms with van der Waals surface area (Å²) in [4.78, 5) is 2.31. The second-order valence-electron chi connectivity index (χ2n) is 3.43. The lowest BCUT2D eigenvalue weighted by atomic mass is 10.5. The molecule has 4 heteroatoms. The lowest BCUT2D eigenvalue weighted by Crippen LogP contribution is -2.31. The highest BCUT2D eigenvalue weighted by Gasteiger charge is 1.97. The summed E-state index contributed by atoms with van der Waals surface area (Å²) in [5, 5.41) is 7.47. The van der Waals surface area contributed by atoms with Gasteiger partial charge in [0.25, 0.3) is 0 Å². The summed E-state index contributed by atoms with van der Waals surface area (Å²) in [6.07, 6.45) is 3.82. The van der Waals surface area contributed by atoms with Crippen LogP contribution in [0.4, 0.5) is 0 Å². The van der Waals surface area contributed by atoms with Crippen LogP contribution in [0.15, 0.2) is 18.5 Å². The van der Waals surface area contributed by atoms with E-state index in [0.717, 1.165) is 32.7 Å². The third-order valence-electron chi connectivity index (χ3n) is 2.19. The van der Waals surface area contributed by atoms with Gasteiger partial charge < -0.3 is 10.2 Å². The number of nitrogens with zero attached hydrogens (tertiary/aromatic N) is 3. The third kappa shape index (κ3) is 4.39. The average Bonchev–Trinajstić information content (AvgIpc) is 2.68. The first-order valence-corrected chi connectivity index (χ1v) is 5.19. The summed E-state index contributed by atoms with van der Waals surface area (Å²) in [5.41, 5.74) is 0. The van der Waals surface area contributed by atoms with Gasteiger partial charge in [0.1, 0.15) is 0 Å². The number of rotatable bonds is 7. The molecular formula is C10H20N4. The molecule has 0 saturated heterocycles. The van der Waals surface area contributed by atoms with E-state index < -0.39 is 0 Å². The van der Waals surface area contributed by atoms with Gasteiger partial charge in [0, 0.05) is 32.0 Å². The summed E-state index contributed by atoms with van der Waals surface area (Å²) in [5.74, 6) is 0. The molecule has 4 nitrogen and oxygen atoms in total. The topological polar surface area (TPSA) is 33.1 Å². The van der Waals surface area contributed by atoms with E-state index in [2.05, 4.69) is 29.3 Å². The van der Waals surface area contributed by atoms with Crippen molar-refractivity contribution in [2.75, 3.05) is 33.2 Å². The lowest BCUT2D eigenvalue weighted by molar-refractivity contribution is 0.311. The zero-order valence-corrected chi connectivity index (χ0v) is 9.11. The predicted octanol–water partition coefficient (Wildman–Crippen LogP) is 0.424. The van der Waals surface area contributed by atoms with Crippen molar-refractivity contribution in [1.29, 1.82) is 0 Å². The van der Waals surface area contributed by atoms with E-state index in [4.69, 9.17) is 0 Å². The Bertz CT molecular complexity index is 220. The molecular weight excluding hydrogens is 176 g/mol. The number of nitrogens with one attached hydrogen (secondary N) is 1. The Morgan fingerprint density at radius 3 is 2.93 bits per heavy atom. The molecule has 0 aliphatic heterocycles. The molecule has 1 aromatic rings. The molecule has 0 amide bonds. The zero-order chi connectivity index (χ0) is 10.2. The Morgan fingerprint density at radius 1 is 1.43 bits per heavy atom. The molecule has 1 heterocycles. The van der Waals surface area contributed by atoms with Crippen LogP contribution >= 0.6 is 0 Å². The fourth-order valence-corrected chi connectivity index (χ4v) is 1.26. The fourth-order valence-electron chi connectivity index (χ4n) is 1.26. The molecule has 0 aliphatic rings. The maximum absolute atomic E-state index is 4.16. The van der Waals surface area contributed by atoms with Gasteiger partial charge in [0.2, 0.25) is 0 Å². The molecule has 0 spiro atoms. The van der Waals surface area contributed by atoms with Crippen LogP contribution in [0.3, 0.4) is 0 Å². The molecule has 1 rings (SSSR count). The first-order valence-electron chi connectivity index (χ1n) is 5.19. The number of likely N-dealkylation sites (N-methyl/N-ethyl adjacent to an activating group) is 2. The van der Waals surface area contributed by atoms with Crippen LogP contribution in [-0.4, -0.2) is 47.9 Å². The van der Waals surface area contributed by atoms with Gasteiger partial charge in [-0.3, -0.25) is 4.68 Å². The van der Waals surface area contributed by atoms with E-state index in [9.17, 15) is 0 Å². The van der Waals surface area contributed by atoms with Gasteiger partial charge >= 0.3 is 0 Å². The SMILES string of the molecule is CCNCCN(C)CCn1cccn1. The first-order chi connectivity index (χ1) is 6.83. The van der Waals surface area contributed by atoms with Crippen LogP contribution in [0, 0.1) is 0 Å². The number of hydrogen-bond acceptors (Lipinski definition) is 3. The minimum atomic E-state index is 0.968. The van der Waals surface area contributed by atoms with Crippen molar-refractivity contribution in [3.05, 3.63) is 18.5 Å². The maximum atomic E-state index is 4.16. The summed E-state index contributed by atoms with van der Waals surface area (Å²) < 4.78 is 1.96. The van der Waals surface area contributed by atoms with E-state index in [1.807, 2.05) is 23.1 Å². The van der Waals surface area contributed by atoms with E-state index in [0.29, 0.717) is 0 Å². The van der Waals surface area contributed by atoms with Crippen LogP contribution < -0.4 is 5.32 Å². The van der Waals surface area contributed by atoms with Crippen molar-refractivity contribution in [3.8, 4) is 0 Å². The summed E-state index contributed by atoms with van der Waals surface area (Å²) >= 11 is 0. The molecule has 0 fully saturated rings. The van der Waals surface area contributed by atoms with Crippen molar-refractivity contribution < 1.29 is 0 Å². The lowest BCUT2D eigenvalue weighted by Gasteiger charge is -2.16. The monoisotopic (exact) mass is 196 g/mol. The molecule has 0 bridgehead atoms. The van der Waals surface area contributed by atoms with E-state index in [1.165, 1.54) is 0 Å². The average molecular weight is 196 g/mol. The summed E-state index contributed by atoms with van der Waals surface area (Å²) in [6.45, 7) is 7.35. The third-order valence-corrected chi connectivity index (χ3v) is 2.19. The van der Waals surface area contributed by atoms with Crippen molar-refractivity contribution in [2.24, 2.45) is 0 Å². The van der Waals surface area contributed by atoms with Crippen molar-refractivity contribution in [1.82, 2.24) is 20.0 Å². The molecule has 0 aromatic carbocycles. The van der Waals surface area contributed by atoms with Crippen LogP contribution in [0.5, 0.6) is 0 Å². The Labute approximate surface area is 85.9 Å². The standard InChI is InChI=1S/C10H20N4/c1-3-11-6-8-13(2)9-10-14-7-4-5-12-14/h4-5,7,11H,3,6,8-10H2,1-2H3. The van der Waals surface area contributed by atoms with Crippen LogP contribution in [-0.2, 0) is 6.54 Å². The fraction of sp³-hybridized carbons (Fsp3) is 0.700. The Kier molecular flexibility index (Phi) is 5.25. The Morgan fingerprint density at radius 2 is 2.29 bits per heavy atom. The minimum absolute atomic E-state index is 0.968. The zero-order valence-electron chi connectivity index (χ0n) is 9.11. The van der Waals surface area contributed by atoms with Gasteiger partial charge in [-0.15, -0.1) is 0 Å². The van der Waals surface area contributed by atoms with Gasteiger partial charge in [-0.2, -0.15) is 5.10 Å². The predicted molar refractivity (Wildman–Crippen MR) is 58.3 cm³/mol. The van der Waals surface area contributed by atoms with E-state index in [-0.39, 0.29) is 0 Å². The van der Waals surface area contributed by atoms with Crippen molar-refractivity contribution >= 4 is 0 Å². The van der Waals surface area contributed by atoms with Gasteiger partial charge in [0.15, 0.2) is 0 Å². The Hall–Kier alpha value is -0.870. The first kappa shape index (κ1) is 11.2. The molecule has 14 heavy (non-hydrogen) atoms. The highest BCUT2D eigenvalue weighted by atomic mass is 15.3. The molecule has 80 valence electrons. The van der Waals surface area contributed by atoms with Crippen molar-refractivity contribution in [3.63, 3.8) is 0 Å². The molecule has 0 radical (unpaired) electrons. The Balaban J connectivity index is 2.06. The normalized spacial score (nSPS) is 11.1. The highest BCUT2D eigenvalue weighted by Crippen LogP contribution is 1.87. The maximum Gasteiger partial charge on any atom is 0.0536 e. The van der Waals surface area contributed by atoms with Gasteiger partial charge in [-0.25, -0.2) is 0 Å². The minimum Gasteiger partial charge on any atom is -0.316 e. The van der Waals surface area contributed by atoms with Crippen LogP contribution in [0.1, 0.15) is 6.92 Å². The van der Waals surface area contributed by atoms with Gasteiger partial charge in [0.05, 0.1) is 6.54 Å². The van der Waals surface area contributed by atoms with Crippen LogP contribution in [0.2, 0.25) is 0 Å². The molecule has 0 atom stereocenters. The molecule has 0 aliphatic carbocycles. The van der Waals surface area contributed by atoms with E-state index in [1.54, 1.807) is 0 Å². The molecule has 0 unspecified atom stereocenters. The van der Waals surface area contributed by atoms with Crippen molar-refractivity contribution in [2.45, 2.75) is 13.5 Å². The largest absolute Gasteiger partial charge is 0.316 e. The quantitative estimate of drug-likeness (QED) is 0.642. The summed E-state index contributed by atoms with van der Waals surface area (Å²) in [6, 6.07) is 1.96. The summed E-state index contributed by atoms with van der Waals surface area (Å²) in [7, 11) is 2.14. The number of aromatic nitrogens is 2. The molecule has 1 N–H and O–H groups in total.